The minimum Gasteiger partial charge on any atom is -0.503 e. The van der Waals surface area contributed by atoms with Crippen LogP contribution < -0.4 is 5.43 Å². The van der Waals surface area contributed by atoms with Crippen LogP contribution in [0.3, 0.4) is 0 Å². The number of rotatable bonds is 2. The maximum Gasteiger partial charge on any atom is 0.335 e. The van der Waals surface area contributed by atoms with Gasteiger partial charge in [0.05, 0.1) is 11.3 Å². The number of hydrogen-bond acceptors (Lipinski definition) is 3. The normalized spacial score (nSPS) is 10.3. The van der Waals surface area contributed by atoms with Crippen molar-refractivity contribution in [1.82, 2.24) is 4.57 Å². The zero-order valence-corrected chi connectivity index (χ0v) is 9.62. The van der Waals surface area contributed by atoms with E-state index in [-0.39, 0.29) is 11.3 Å². The smallest absolute Gasteiger partial charge is 0.335 e. The van der Waals surface area contributed by atoms with Crippen LogP contribution >= 0.6 is 0 Å². The highest BCUT2D eigenvalue weighted by molar-refractivity contribution is 5.88. The minimum absolute atomic E-state index is 0.144. The van der Waals surface area contributed by atoms with Gasteiger partial charge in [-0.25, -0.2) is 4.79 Å². The maximum absolute atomic E-state index is 11.2. The van der Waals surface area contributed by atoms with Crippen LogP contribution in [0.4, 0.5) is 0 Å². The summed E-state index contributed by atoms with van der Waals surface area (Å²) in [4.78, 5) is 22.1. The molecule has 1 heterocycles. The van der Waals surface area contributed by atoms with Crippen LogP contribution in [-0.4, -0.2) is 20.7 Å². The van der Waals surface area contributed by atoms with Gasteiger partial charge in [0.15, 0.2) is 5.75 Å². The van der Waals surface area contributed by atoms with Gasteiger partial charge in [0.25, 0.3) is 0 Å². The van der Waals surface area contributed by atoms with Crippen LogP contribution in [0.2, 0.25) is 0 Å². The van der Waals surface area contributed by atoms with E-state index in [0.29, 0.717) is 11.4 Å². The van der Waals surface area contributed by atoms with E-state index >= 15 is 0 Å². The molecule has 2 rings (SSSR count). The Bertz CT molecular complexity index is 673. The molecular formula is C13H11NO4. The molecule has 0 radical (unpaired) electrons. The summed E-state index contributed by atoms with van der Waals surface area (Å²) in [5, 5.41) is 18.5. The predicted octanol–water partition coefficient (Wildman–Crippen LogP) is 1.55. The fourth-order valence-electron chi connectivity index (χ4n) is 1.69. The van der Waals surface area contributed by atoms with Gasteiger partial charge in [-0.1, -0.05) is 6.07 Å². The van der Waals surface area contributed by atoms with E-state index in [9.17, 15) is 14.7 Å². The maximum atomic E-state index is 11.2. The highest BCUT2D eigenvalue weighted by Crippen LogP contribution is 2.17. The van der Waals surface area contributed by atoms with E-state index in [1.165, 1.54) is 24.4 Å². The first kappa shape index (κ1) is 11.9. The number of aromatic carboxylic acids is 1. The molecule has 0 fully saturated rings. The molecule has 0 amide bonds. The number of carboxylic acids is 1. The van der Waals surface area contributed by atoms with Crippen LogP contribution in [-0.2, 0) is 0 Å². The van der Waals surface area contributed by atoms with Crippen molar-refractivity contribution in [2.75, 3.05) is 0 Å². The summed E-state index contributed by atoms with van der Waals surface area (Å²) in [6.45, 7) is 1.59. The van der Waals surface area contributed by atoms with Gasteiger partial charge in [-0.3, -0.25) is 4.79 Å². The fraction of sp³-hybridized carbons (Fsp3) is 0.0769. The SMILES string of the molecule is Cc1c(O)c(=O)ccn1-c1cccc(C(=O)O)c1. The second kappa shape index (κ2) is 4.37. The third-order valence-electron chi connectivity index (χ3n) is 2.68. The Kier molecular flexibility index (Phi) is 2.89. The van der Waals surface area contributed by atoms with Crippen molar-refractivity contribution in [2.45, 2.75) is 6.92 Å². The first-order valence-corrected chi connectivity index (χ1v) is 5.25. The second-order valence-corrected chi connectivity index (χ2v) is 3.84. The number of carbonyl (C=O) groups is 1. The number of carboxylic acid groups (broad SMARTS) is 1. The average Bonchev–Trinajstić information content (AvgIpc) is 2.36. The minimum atomic E-state index is -1.03. The van der Waals surface area contributed by atoms with Crippen molar-refractivity contribution in [1.29, 1.82) is 0 Å². The molecule has 0 aliphatic heterocycles. The Morgan fingerprint density at radius 1 is 1.28 bits per heavy atom. The topological polar surface area (TPSA) is 79.5 Å². The van der Waals surface area contributed by atoms with Crippen molar-refractivity contribution < 1.29 is 15.0 Å². The summed E-state index contributed by atoms with van der Waals surface area (Å²) >= 11 is 0. The van der Waals surface area contributed by atoms with Gasteiger partial charge in [-0.15, -0.1) is 0 Å². The molecule has 0 atom stereocenters. The van der Waals surface area contributed by atoms with Crippen molar-refractivity contribution in [2.24, 2.45) is 0 Å². The van der Waals surface area contributed by atoms with Gasteiger partial charge >= 0.3 is 5.97 Å². The molecule has 0 saturated carbocycles. The standard InChI is InChI=1S/C13H11NO4/c1-8-12(16)11(15)5-6-14(8)10-4-2-3-9(7-10)13(17)18/h2-7,16H,1H3,(H,17,18). The summed E-state index contributed by atoms with van der Waals surface area (Å²) in [7, 11) is 0. The lowest BCUT2D eigenvalue weighted by molar-refractivity contribution is 0.0697. The Morgan fingerprint density at radius 3 is 2.67 bits per heavy atom. The molecule has 1 aromatic carbocycles. The van der Waals surface area contributed by atoms with Crippen LogP contribution in [0.25, 0.3) is 5.69 Å². The molecule has 2 aromatic rings. The van der Waals surface area contributed by atoms with E-state index in [1.807, 2.05) is 0 Å². The van der Waals surface area contributed by atoms with E-state index in [1.54, 1.807) is 23.6 Å². The Morgan fingerprint density at radius 2 is 2.00 bits per heavy atom. The van der Waals surface area contributed by atoms with Gasteiger partial charge in [-0.2, -0.15) is 0 Å². The first-order chi connectivity index (χ1) is 8.50. The summed E-state index contributed by atoms with van der Waals surface area (Å²) in [6.07, 6.45) is 1.50. The molecule has 0 aliphatic rings. The Hall–Kier alpha value is -2.56. The van der Waals surface area contributed by atoms with Crippen molar-refractivity contribution in [3.63, 3.8) is 0 Å². The molecular weight excluding hydrogens is 234 g/mol. The number of aromatic nitrogens is 1. The Labute approximate surface area is 103 Å². The lowest BCUT2D eigenvalue weighted by Gasteiger charge is -2.11. The lowest BCUT2D eigenvalue weighted by Crippen LogP contribution is -2.09. The third kappa shape index (κ3) is 1.98. The zero-order valence-electron chi connectivity index (χ0n) is 9.62. The van der Waals surface area contributed by atoms with Crippen LogP contribution in [0.1, 0.15) is 16.1 Å². The lowest BCUT2D eigenvalue weighted by atomic mass is 10.2. The Balaban J connectivity index is 2.62. The number of benzene rings is 1. The molecule has 5 heteroatoms. The molecule has 2 N–H and O–H groups in total. The monoisotopic (exact) mass is 245 g/mol. The van der Waals surface area contributed by atoms with Crippen molar-refractivity contribution in [3.05, 3.63) is 58.0 Å². The summed E-state index contributed by atoms with van der Waals surface area (Å²) in [6, 6.07) is 7.48. The molecule has 92 valence electrons. The largest absolute Gasteiger partial charge is 0.503 e. The van der Waals surface area contributed by atoms with Gasteiger partial charge in [-0.05, 0) is 25.1 Å². The zero-order chi connectivity index (χ0) is 13.3. The molecule has 0 aliphatic carbocycles. The molecule has 0 unspecified atom stereocenters. The van der Waals surface area contributed by atoms with Crippen LogP contribution in [0.5, 0.6) is 5.75 Å². The quantitative estimate of drug-likeness (QED) is 0.841. The molecule has 1 aromatic heterocycles. The van der Waals surface area contributed by atoms with E-state index < -0.39 is 11.4 Å². The highest BCUT2D eigenvalue weighted by Gasteiger charge is 2.08. The second-order valence-electron chi connectivity index (χ2n) is 3.84. The number of hydrogen-bond donors (Lipinski definition) is 2. The van der Waals surface area contributed by atoms with Gasteiger partial charge in [0.1, 0.15) is 0 Å². The van der Waals surface area contributed by atoms with Crippen LogP contribution in [0, 0.1) is 6.92 Å². The first-order valence-electron chi connectivity index (χ1n) is 5.25. The van der Waals surface area contributed by atoms with Gasteiger partial charge in [0.2, 0.25) is 5.43 Å². The summed E-state index contributed by atoms with van der Waals surface area (Å²) in [5.41, 5.74) is 0.621. The number of aromatic hydroxyl groups is 1. The molecule has 0 saturated heterocycles. The van der Waals surface area contributed by atoms with Gasteiger partial charge < -0.3 is 14.8 Å². The van der Waals surface area contributed by atoms with E-state index in [4.69, 9.17) is 5.11 Å². The predicted molar refractivity (Wildman–Crippen MR) is 65.4 cm³/mol. The fourth-order valence-corrected chi connectivity index (χ4v) is 1.69. The summed E-state index contributed by atoms with van der Waals surface area (Å²) in [5.74, 6) is -1.36. The third-order valence-corrected chi connectivity index (χ3v) is 2.68. The van der Waals surface area contributed by atoms with Crippen LogP contribution in [0.15, 0.2) is 41.3 Å². The van der Waals surface area contributed by atoms with E-state index in [0.717, 1.165) is 0 Å². The number of nitrogens with zero attached hydrogens (tertiary/aromatic N) is 1. The molecule has 0 spiro atoms. The highest BCUT2D eigenvalue weighted by atomic mass is 16.4. The van der Waals surface area contributed by atoms with E-state index in [2.05, 4.69) is 0 Å². The van der Waals surface area contributed by atoms with Gasteiger partial charge in [0, 0.05) is 18.0 Å². The van der Waals surface area contributed by atoms with Crippen molar-refractivity contribution >= 4 is 5.97 Å². The average molecular weight is 245 g/mol. The molecule has 18 heavy (non-hydrogen) atoms. The molecule has 0 bridgehead atoms. The van der Waals surface area contributed by atoms with Crippen molar-refractivity contribution in [3.8, 4) is 11.4 Å². The molecule has 5 nitrogen and oxygen atoms in total. The summed E-state index contributed by atoms with van der Waals surface area (Å²) < 4.78 is 1.56. The number of pyridine rings is 1.